The zero-order valence-electron chi connectivity index (χ0n) is 7.64. The van der Waals surface area contributed by atoms with Gasteiger partial charge < -0.3 is 21.1 Å². The number of rotatable bonds is 3. The average molecular weight is 232 g/mol. The molecule has 1 atom stereocenters. The Hall–Kier alpha value is -1.46. The summed E-state index contributed by atoms with van der Waals surface area (Å²) in [6.45, 7) is 0. The fourth-order valence-corrected chi connectivity index (χ4v) is 1.31. The number of carboxylic acids is 1. The molecule has 0 aliphatic heterocycles. The van der Waals surface area contributed by atoms with Gasteiger partial charge in [0.15, 0.2) is 11.5 Å². The number of phenolic OH excluding ortho intramolecular Hbond substituents is 2. The Morgan fingerprint density at radius 2 is 2.07 bits per heavy atom. The maximum absolute atomic E-state index is 10.5. The van der Waals surface area contributed by atoms with E-state index in [0.29, 0.717) is 5.56 Å². The Morgan fingerprint density at radius 1 is 1.47 bits per heavy atom. The Morgan fingerprint density at radius 3 is 2.60 bits per heavy atom. The molecule has 1 aromatic carbocycles. The fourth-order valence-electron chi connectivity index (χ4n) is 1.08. The van der Waals surface area contributed by atoms with Crippen molar-refractivity contribution in [1.82, 2.24) is 0 Å². The van der Waals surface area contributed by atoms with Gasteiger partial charge in [-0.25, -0.2) is 0 Å². The second-order valence-corrected chi connectivity index (χ2v) is 3.43. The van der Waals surface area contributed by atoms with Crippen LogP contribution in [0.15, 0.2) is 12.1 Å². The first-order valence-electron chi connectivity index (χ1n) is 4.11. The van der Waals surface area contributed by atoms with Crippen LogP contribution >= 0.6 is 11.6 Å². The Bertz CT molecular complexity index is 394. The summed E-state index contributed by atoms with van der Waals surface area (Å²) in [6, 6.07) is 1.55. The van der Waals surface area contributed by atoms with E-state index in [1.54, 1.807) is 0 Å². The molecule has 0 aliphatic carbocycles. The first-order valence-corrected chi connectivity index (χ1v) is 4.49. The van der Waals surface area contributed by atoms with Gasteiger partial charge in [-0.3, -0.25) is 4.79 Å². The maximum atomic E-state index is 10.5. The van der Waals surface area contributed by atoms with E-state index in [0.717, 1.165) is 0 Å². The molecule has 5 nitrogen and oxygen atoms in total. The number of benzene rings is 1. The quantitative estimate of drug-likeness (QED) is 0.574. The van der Waals surface area contributed by atoms with E-state index >= 15 is 0 Å². The van der Waals surface area contributed by atoms with E-state index in [-0.39, 0.29) is 17.2 Å². The number of halogens is 1. The van der Waals surface area contributed by atoms with Crippen LogP contribution in [0.5, 0.6) is 11.5 Å². The average Bonchev–Trinajstić information content (AvgIpc) is 2.18. The monoisotopic (exact) mass is 231 g/mol. The predicted molar refractivity (Wildman–Crippen MR) is 54.1 cm³/mol. The van der Waals surface area contributed by atoms with Crippen molar-refractivity contribution in [2.24, 2.45) is 5.73 Å². The third kappa shape index (κ3) is 2.51. The molecule has 0 saturated carbocycles. The Labute approximate surface area is 90.7 Å². The van der Waals surface area contributed by atoms with Gasteiger partial charge in [-0.05, 0) is 18.1 Å². The lowest BCUT2D eigenvalue weighted by atomic mass is 10.1. The summed E-state index contributed by atoms with van der Waals surface area (Å²) in [6.07, 6.45) is -0.0119. The number of phenols is 2. The molecular weight excluding hydrogens is 222 g/mol. The molecule has 15 heavy (non-hydrogen) atoms. The first kappa shape index (κ1) is 11.6. The molecule has 0 aromatic heterocycles. The van der Waals surface area contributed by atoms with E-state index in [2.05, 4.69) is 0 Å². The molecule has 6 heteroatoms. The van der Waals surface area contributed by atoms with Crippen LogP contribution in [0, 0.1) is 0 Å². The van der Waals surface area contributed by atoms with Crippen LogP contribution in [0.1, 0.15) is 5.56 Å². The molecule has 5 N–H and O–H groups in total. The highest BCUT2D eigenvalue weighted by atomic mass is 35.5. The maximum Gasteiger partial charge on any atom is 0.320 e. The lowest BCUT2D eigenvalue weighted by Gasteiger charge is -2.09. The number of aliphatic carboxylic acids is 1. The van der Waals surface area contributed by atoms with E-state index in [1.807, 2.05) is 0 Å². The van der Waals surface area contributed by atoms with E-state index in [4.69, 9.17) is 27.5 Å². The molecule has 0 saturated heterocycles. The third-order valence-corrected chi connectivity index (χ3v) is 2.35. The van der Waals surface area contributed by atoms with Gasteiger partial charge >= 0.3 is 5.97 Å². The molecule has 1 aromatic rings. The highest BCUT2D eigenvalue weighted by Gasteiger charge is 2.16. The molecule has 0 spiro atoms. The van der Waals surface area contributed by atoms with Crippen LogP contribution < -0.4 is 5.73 Å². The Balaban J connectivity index is 2.97. The number of aromatic hydroxyl groups is 2. The molecule has 82 valence electrons. The fraction of sp³-hybridized carbons (Fsp3) is 0.222. The lowest BCUT2D eigenvalue weighted by molar-refractivity contribution is -0.138. The van der Waals surface area contributed by atoms with Crippen molar-refractivity contribution in [2.45, 2.75) is 12.5 Å². The Kier molecular flexibility index (Phi) is 3.39. The van der Waals surface area contributed by atoms with E-state index in [1.165, 1.54) is 12.1 Å². The number of hydrogen-bond acceptors (Lipinski definition) is 4. The van der Waals surface area contributed by atoms with Gasteiger partial charge in [0.2, 0.25) is 0 Å². The molecule has 0 amide bonds. The molecule has 0 aliphatic rings. The number of carbonyl (C=O) groups is 1. The molecule has 0 radical (unpaired) electrons. The van der Waals surface area contributed by atoms with E-state index in [9.17, 15) is 9.90 Å². The topological polar surface area (TPSA) is 104 Å². The van der Waals surface area contributed by atoms with Crippen molar-refractivity contribution in [3.8, 4) is 11.5 Å². The van der Waals surface area contributed by atoms with Crippen LogP contribution in [0.3, 0.4) is 0 Å². The second kappa shape index (κ2) is 4.37. The van der Waals surface area contributed by atoms with Gasteiger partial charge in [0.05, 0.1) is 5.02 Å². The van der Waals surface area contributed by atoms with E-state index < -0.39 is 17.8 Å². The van der Waals surface area contributed by atoms with Crippen LogP contribution in [0.2, 0.25) is 5.02 Å². The van der Waals surface area contributed by atoms with Crippen molar-refractivity contribution in [3.05, 3.63) is 22.7 Å². The molecule has 1 rings (SSSR count). The van der Waals surface area contributed by atoms with Gasteiger partial charge in [0.1, 0.15) is 6.04 Å². The highest BCUT2D eigenvalue weighted by molar-refractivity contribution is 6.33. The van der Waals surface area contributed by atoms with Crippen molar-refractivity contribution >= 4 is 17.6 Å². The summed E-state index contributed by atoms with van der Waals surface area (Å²) in [5.41, 5.74) is 5.68. The minimum absolute atomic E-state index is 0.0119. The summed E-state index contributed by atoms with van der Waals surface area (Å²) in [5, 5.41) is 26.9. The highest BCUT2D eigenvalue weighted by Crippen LogP contribution is 2.35. The molecule has 0 bridgehead atoms. The third-order valence-electron chi connectivity index (χ3n) is 1.93. The summed E-state index contributed by atoms with van der Waals surface area (Å²) in [7, 11) is 0. The van der Waals surface area contributed by atoms with Crippen LogP contribution in [-0.4, -0.2) is 27.3 Å². The second-order valence-electron chi connectivity index (χ2n) is 3.06. The lowest BCUT2D eigenvalue weighted by Crippen LogP contribution is -2.32. The first-order chi connectivity index (χ1) is 6.93. The van der Waals surface area contributed by atoms with Crippen molar-refractivity contribution in [2.75, 3.05) is 0 Å². The predicted octanol–water partition coefficient (Wildman–Crippen LogP) is 0.706. The summed E-state index contributed by atoms with van der Waals surface area (Å²) in [4.78, 5) is 10.5. The molecule has 0 fully saturated rings. The molecule has 1 unspecified atom stereocenters. The number of hydrogen-bond donors (Lipinski definition) is 4. The molecule has 0 heterocycles. The zero-order chi connectivity index (χ0) is 11.6. The number of carboxylic acid groups (broad SMARTS) is 1. The summed E-state index contributed by atoms with van der Waals surface area (Å²) >= 11 is 5.69. The van der Waals surface area contributed by atoms with Crippen molar-refractivity contribution in [1.29, 1.82) is 0 Å². The minimum atomic E-state index is -1.15. The minimum Gasteiger partial charge on any atom is -0.504 e. The van der Waals surface area contributed by atoms with Crippen LogP contribution in [-0.2, 0) is 11.2 Å². The normalized spacial score (nSPS) is 12.4. The van der Waals surface area contributed by atoms with Gasteiger partial charge in [-0.1, -0.05) is 17.7 Å². The SMILES string of the molecule is NC(Cc1ccc(O)c(O)c1Cl)C(=O)O. The summed E-state index contributed by atoms with van der Waals surface area (Å²) < 4.78 is 0. The van der Waals surface area contributed by atoms with Gasteiger partial charge in [-0.2, -0.15) is 0 Å². The number of nitrogens with two attached hydrogens (primary N) is 1. The van der Waals surface area contributed by atoms with Crippen molar-refractivity contribution < 1.29 is 20.1 Å². The standard InChI is InChI=1S/C9H10ClNO4/c10-7-4(3-5(11)9(14)15)1-2-6(12)8(7)13/h1-2,5,12-13H,3,11H2,(H,14,15). The molecular formula is C9H10ClNO4. The van der Waals surface area contributed by atoms with Gasteiger partial charge in [-0.15, -0.1) is 0 Å². The van der Waals surface area contributed by atoms with Gasteiger partial charge in [0, 0.05) is 0 Å². The van der Waals surface area contributed by atoms with Crippen LogP contribution in [0.4, 0.5) is 0 Å². The van der Waals surface area contributed by atoms with Crippen molar-refractivity contribution in [3.63, 3.8) is 0 Å². The zero-order valence-corrected chi connectivity index (χ0v) is 8.40. The smallest absolute Gasteiger partial charge is 0.320 e. The largest absolute Gasteiger partial charge is 0.504 e. The van der Waals surface area contributed by atoms with Crippen LogP contribution in [0.25, 0.3) is 0 Å². The van der Waals surface area contributed by atoms with Gasteiger partial charge in [0.25, 0.3) is 0 Å². The summed E-state index contributed by atoms with van der Waals surface area (Å²) in [5.74, 6) is -1.97.